The number of rotatable bonds is 9. The molecule has 1 fully saturated rings. The van der Waals surface area contributed by atoms with Gasteiger partial charge in [0, 0.05) is 23.1 Å². The first-order valence-electron chi connectivity index (χ1n) is 12.2. The van der Waals surface area contributed by atoms with Gasteiger partial charge in [0.05, 0.1) is 36.2 Å². The largest absolute Gasteiger partial charge is 0.494 e. The highest BCUT2D eigenvalue weighted by atomic mass is 16.5. The standard InChI is InChI=1S/C22H26N8O5/c1-10(31)16(23)19-27-22(35-30-19)12-5-4-6-13(18(12)34-3)25-14-9-15(26-20(32)11-7-8-11)28-29-17(14)21(33)24-2/h4-6,9-11,16,31H,7-8,23H2,1-3H3,(H,24,33)(H2,25,26,28,32)/t10-,16+/m0/s1/i2D3. The molecule has 13 heteroatoms. The Balaban J connectivity index is 1.71. The lowest BCUT2D eigenvalue weighted by Crippen LogP contribution is -2.24. The van der Waals surface area contributed by atoms with Crippen molar-refractivity contribution in [2.45, 2.75) is 31.9 Å². The SMILES string of the molecule is [2H]C([2H])([2H])NC(=O)c1nnc(NC(=O)C2CC2)cc1Nc1cccc(-c2nc([C@H](N)[C@H](C)O)no2)c1OC. The highest BCUT2D eigenvalue weighted by Gasteiger charge is 2.30. The van der Waals surface area contributed by atoms with Crippen molar-refractivity contribution >= 4 is 29.0 Å². The number of nitrogens with two attached hydrogens (primary N) is 1. The van der Waals surface area contributed by atoms with Crippen LogP contribution in [0, 0.1) is 5.92 Å². The number of carbonyl (C=O) groups excluding carboxylic acids is 2. The molecule has 13 nitrogen and oxygen atoms in total. The van der Waals surface area contributed by atoms with Crippen LogP contribution in [0.4, 0.5) is 17.2 Å². The smallest absolute Gasteiger partial charge is 0.273 e. The molecule has 35 heavy (non-hydrogen) atoms. The number of aliphatic hydroxyl groups excluding tert-OH is 1. The molecular formula is C22H26N8O5. The van der Waals surface area contributed by atoms with Crippen LogP contribution in [-0.4, -0.2) is 57.4 Å². The summed E-state index contributed by atoms with van der Waals surface area (Å²) >= 11 is 0. The van der Waals surface area contributed by atoms with Gasteiger partial charge >= 0.3 is 0 Å². The van der Waals surface area contributed by atoms with Gasteiger partial charge in [-0.05, 0) is 31.9 Å². The maximum atomic E-state index is 12.7. The van der Waals surface area contributed by atoms with E-state index in [0.29, 0.717) is 11.3 Å². The minimum Gasteiger partial charge on any atom is -0.494 e. The molecule has 0 radical (unpaired) electrons. The quantitative estimate of drug-likeness (QED) is 0.294. The average Bonchev–Trinajstić information content (AvgIpc) is 3.59. The summed E-state index contributed by atoms with van der Waals surface area (Å²) in [4.78, 5) is 29.2. The zero-order valence-corrected chi connectivity index (χ0v) is 18.9. The normalized spacial score (nSPS) is 16.3. The van der Waals surface area contributed by atoms with Crippen LogP contribution >= 0.6 is 0 Å². The van der Waals surface area contributed by atoms with E-state index in [1.54, 1.807) is 18.2 Å². The Morgan fingerprint density at radius 1 is 1.31 bits per heavy atom. The molecule has 6 N–H and O–H groups in total. The van der Waals surface area contributed by atoms with Gasteiger partial charge in [-0.3, -0.25) is 9.59 Å². The van der Waals surface area contributed by atoms with E-state index in [1.165, 1.54) is 20.1 Å². The number of benzene rings is 1. The van der Waals surface area contributed by atoms with Crippen LogP contribution in [0.1, 0.15) is 46.2 Å². The summed E-state index contributed by atoms with van der Waals surface area (Å²) in [6.07, 6.45) is 0.628. The van der Waals surface area contributed by atoms with Crippen LogP contribution in [0.2, 0.25) is 0 Å². The summed E-state index contributed by atoms with van der Waals surface area (Å²) in [6, 6.07) is 5.40. The molecule has 2 atom stereocenters. The molecule has 0 saturated heterocycles. The van der Waals surface area contributed by atoms with Gasteiger partial charge in [0.1, 0.15) is 0 Å². The van der Waals surface area contributed by atoms with Crippen molar-refractivity contribution < 1.29 is 28.1 Å². The molecule has 2 heterocycles. The Bertz CT molecular complexity index is 1340. The van der Waals surface area contributed by atoms with Crippen molar-refractivity contribution in [3.05, 3.63) is 35.8 Å². The summed E-state index contributed by atoms with van der Waals surface area (Å²) in [5.41, 5.74) is 6.29. The van der Waals surface area contributed by atoms with E-state index in [9.17, 15) is 14.7 Å². The van der Waals surface area contributed by atoms with Gasteiger partial charge in [-0.1, -0.05) is 11.2 Å². The lowest BCUT2D eigenvalue weighted by Gasteiger charge is -2.16. The lowest BCUT2D eigenvalue weighted by atomic mass is 10.1. The maximum Gasteiger partial charge on any atom is 0.273 e. The molecule has 1 aromatic carbocycles. The number of aliphatic hydroxyl groups is 1. The molecule has 2 amide bonds. The molecule has 0 bridgehead atoms. The van der Waals surface area contributed by atoms with Gasteiger partial charge < -0.3 is 36.1 Å². The number of anilines is 3. The Morgan fingerprint density at radius 3 is 2.80 bits per heavy atom. The number of methoxy groups -OCH3 is 1. The fraction of sp³-hybridized carbons (Fsp3) is 0.364. The van der Waals surface area contributed by atoms with Crippen LogP contribution in [0.5, 0.6) is 5.75 Å². The van der Waals surface area contributed by atoms with Crippen LogP contribution in [-0.2, 0) is 4.79 Å². The van der Waals surface area contributed by atoms with E-state index in [-0.39, 0.29) is 46.5 Å². The third-order valence-electron chi connectivity index (χ3n) is 5.30. The van der Waals surface area contributed by atoms with Gasteiger partial charge in [0.2, 0.25) is 5.91 Å². The number of ether oxygens (including phenoxy) is 1. The second-order valence-corrected chi connectivity index (χ2v) is 7.95. The fourth-order valence-electron chi connectivity index (χ4n) is 3.21. The van der Waals surface area contributed by atoms with Gasteiger partial charge in [-0.25, -0.2) is 0 Å². The number of carbonyl (C=O) groups is 2. The monoisotopic (exact) mass is 485 g/mol. The van der Waals surface area contributed by atoms with Crippen LogP contribution in [0.15, 0.2) is 28.8 Å². The van der Waals surface area contributed by atoms with Crippen molar-refractivity contribution in [2.75, 3.05) is 24.7 Å². The lowest BCUT2D eigenvalue weighted by molar-refractivity contribution is -0.117. The molecule has 4 rings (SSSR count). The summed E-state index contributed by atoms with van der Waals surface area (Å²) in [5, 5.41) is 28.8. The van der Waals surface area contributed by atoms with Crippen LogP contribution in [0.25, 0.3) is 11.5 Å². The first-order chi connectivity index (χ1) is 18.0. The van der Waals surface area contributed by atoms with E-state index in [2.05, 4.69) is 31.0 Å². The average molecular weight is 486 g/mol. The van der Waals surface area contributed by atoms with E-state index in [1.807, 2.05) is 5.32 Å². The van der Waals surface area contributed by atoms with E-state index in [4.69, 9.17) is 19.1 Å². The number of amides is 2. The third kappa shape index (κ3) is 5.20. The molecule has 0 spiro atoms. The van der Waals surface area contributed by atoms with Crippen molar-refractivity contribution in [3.63, 3.8) is 0 Å². The predicted molar refractivity (Wildman–Crippen MR) is 125 cm³/mol. The van der Waals surface area contributed by atoms with Gasteiger partial charge in [-0.2, -0.15) is 4.98 Å². The zero-order chi connectivity index (χ0) is 27.6. The second-order valence-electron chi connectivity index (χ2n) is 7.95. The topological polar surface area (TPSA) is 190 Å². The Morgan fingerprint density at radius 2 is 2.11 bits per heavy atom. The molecule has 184 valence electrons. The predicted octanol–water partition coefficient (Wildman–Crippen LogP) is 1.37. The Hall–Kier alpha value is -4.10. The summed E-state index contributed by atoms with van der Waals surface area (Å²) in [6.45, 7) is -1.27. The van der Waals surface area contributed by atoms with Crippen LogP contribution in [0.3, 0.4) is 0 Å². The third-order valence-corrected chi connectivity index (χ3v) is 5.30. The number of para-hydroxylation sites is 1. The van der Waals surface area contributed by atoms with Crippen molar-refractivity contribution in [2.24, 2.45) is 11.7 Å². The first kappa shape index (κ1) is 20.3. The van der Waals surface area contributed by atoms with Gasteiger partial charge in [0.15, 0.2) is 23.1 Å². The fourth-order valence-corrected chi connectivity index (χ4v) is 3.21. The number of nitrogens with one attached hydrogen (secondary N) is 3. The van der Waals surface area contributed by atoms with E-state index >= 15 is 0 Å². The molecule has 1 aliphatic rings. The summed E-state index contributed by atoms with van der Waals surface area (Å²) in [7, 11) is 1.40. The maximum absolute atomic E-state index is 12.7. The number of nitrogens with zero attached hydrogens (tertiary/aromatic N) is 4. The highest BCUT2D eigenvalue weighted by Crippen LogP contribution is 2.38. The minimum atomic E-state index is -2.77. The molecule has 1 aliphatic carbocycles. The van der Waals surface area contributed by atoms with E-state index in [0.717, 1.165) is 12.8 Å². The second kappa shape index (κ2) is 10.0. The number of aromatic nitrogens is 4. The van der Waals surface area contributed by atoms with Crippen molar-refractivity contribution in [1.29, 1.82) is 0 Å². The summed E-state index contributed by atoms with van der Waals surface area (Å²) in [5.74, 6) is -0.897. The van der Waals surface area contributed by atoms with E-state index < -0.39 is 25.0 Å². The molecule has 1 saturated carbocycles. The highest BCUT2D eigenvalue weighted by molar-refractivity contribution is 6.00. The molecule has 0 aliphatic heterocycles. The van der Waals surface area contributed by atoms with Crippen molar-refractivity contribution in [1.82, 2.24) is 25.7 Å². The van der Waals surface area contributed by atoms with Crippen LogP contribution < -0.4 is 26.4 Å². The van der Waals surface area contributed by atoms with Crippen molar-refractivity contribution in [3.8, 4) is 17.2 Å². The first-order valence-corrected chi connectivity index (χ1v) is 10.7. The van der Waals surface area contributed by atoms with Gasteiger partial charge in [-0.15, -0.1) is 10.2 Å². The number of hydrogen-bond acceptors (Lipinski definition) is 11. The minimum absolute atomic E-state index is 0.0469. The Kier molecular flexibility index (Phi) is 5.81. The zero-order valence-electron chi connectivity index (χ0n) is 21.9. The van der Waals surface area contributed by atoms with Gasteiger partial charge in [0.25, 0.3) is 11.8 Å². The number of hydrogen-bond donors (Lipinski definition) is 5. The molecule has 2 aromatic heterocycles. The molecule has 0 unspecified atom stereocenters. The summed E-state index contributed by atoms with van der Waals surface area (Å²) < 4.78 is 32.9. The Labute approximate surface area is 204 Å². The molecular weight excluding hydrogens is 456 g/mol. The molecule has 3 aromatic rings.